The van der Waals surface area contributed by atoms with Crippen molar-refractivity contribution in [3.8, 4) is 28.1 Å². The number of hydrogen-bond acceptors (Lipinski definition) is 2. The number of aryl methyl sites for hydroxylation is 2. The Balaban J connectivity index is 1.60. The monoisotopic (exact) mass is 511 g/mol. The van der Waals surface area contributed by atoms with E-state index in [1.54, 1.807) is 7.11 Å². The van der Waals surface area contributed by atoms with Crippen LogP contribution in [-0.2, 0) is 13.0 Å². The predicted molar refractivity (Wildman–Crippen MR) is 153 cm³/mol. The highest BCUT2D eigenvalue weighted by molar-refractivity contribution is 7.81. The van der Waals surface area contributed by atoms with Gasteiger partial charge in [-0.3, -0.25) is 4.40 Å². The molecule has 0 aliphatic carbocycles. The minimum Gasteiger partial charge on any atom is -0.497 e. The summed E-state index contributed by atoms with van der Waals surface area (Å²) in [4.78, 5) is 0.700. The second kappa shape index (κ2) is 9.49. The van der Waals surface area contributed by atoms with E-state index >= 15 is 0 Å². The van der Waals surface area contributed by atoms with Gasteiger partial charge in [-0.05, 0) is 78.9 Å². The Hall–Kier alpha value is -3.54. The number of ether oxygens (including phenoxy) is 1. The molecule has 0 radical (unpaired) electrons. The molecule has 4 nitrogen and oxygen atoms in total. The maximum absolute atomic E-state index is 6.26. The van der Waals surface area contributed by atoms with Crippen molar-refractivity contribution in [3.05, 3.63) is 101 Å². The molecule has 0 bridgehead atoms. The summed E-state index contributed by atoms with van der Waals surface area (Å²) in [5.41, 5.74) is 9.20. The fourth-order valence-electron chi connectivity index (χ4n) is 5.24. The van der Waals surface area contributed by atoms with E-state index in [0.717, 1.165) is 59.1 Å². The molecule has 6 heteroatoms. The third-order valence-corrected chi connectivity index (χ3v) is 7.45. The first-order valence-electron chi connectivity index (χ1n) is 12.2. The number of benzene rings is 3. The molecule has 180 valence electrons. The van der Waals surface area contributed by atoms with Crippen LogP contribution in [0.2, 0.25) is 5.02 Å². The number of para-hydroxylation sites is 1. The van der Waals surface area contributed by atoms with Gasteiger partial charge in [0.2, 0.25) is 0 Å². The molecule has 0 saturated carbocycles. The summed E-state index contributed by atoms with van der Waals surface area (Å²) in [6.45, 7) is 0.966. The Kier molecular flexibility index (Phi) is 6.04. The van der Waals surface area contributed by atoms with Gasteiger partial charge in [-0.25, -0.2) is 0 Å². The van der Waals surface area contributed by atoms with Gasteiger partial charge in [0, 0.05) is 34.6 Å². The van der Waals surface area contributed by atoms with Crippen LogP contribution in [0.3, 0.4) is 0 Å². The van der Waals surface area contributed by atoms with Gasteiger partial charge < -0.3 is 14.6 Å². The van der Waals surface area contributed by atoms with Gasteiger partial charge in [-0.2, -0.15) is 0 Å². The van der Waals surface area contributed by atoms with Crippen molar-refractivity contribution in [2.24, 2.45) is 0 Å². The maximum atomic E-state index is 6.26. The third-order valence-electron chi connectivity index (χ3n) is 6.90. The summed E-state index contributed by atoms with van der Waals surface area (Å²) >= 11 is 12.3. The average Bonchev–Trinajstić information content (AvgIpc) is 3.32. The quantitative estimate of drug-likeness (QED) is 0.244. The van der Waals surface area contributed by atoms with Crippen LogP contribution in [0.5, 0.6) is 5.75 Å². The third kappa shape index (κ3) is 3.98. The molecule has 0 saturated heterocycles. The Labute approximate surface area is 221 Å². The van der Waals surface area contributed by atoms with Crippen molar-refractivity contribution in [1.29, 1.82) is 0 Å². The van der Waals surface area contributed by atoms with E-state index in [2.05, 4.69) is 44.7 Å². The molecule has 5 aromatic rings. The summed E-state index contributed by atoms with van der Waals surface area (Å²) in [5.74, 6) is 0.854. The number of hydrogen-bond donors (Lipinski definition) is 1. The predicted octanol–water partition coefficient (Wildman–Crippen LogP) is 7.86. The van der Waals surface area contributed by atoms with Crippen LogP contribution in [0.1, 0.15) is 24.1 Å². The number of imidazole rings is 1. The lowest BCUT2D eigenvalue weighted by atomic mass is 9.98. The molecular formula is C30H26ClN3OS. The fourth-order valence-corrected chi connectivity index (χ4v) is 5.68. The number of nitrogens with one attached hydrogen (secondary N) is 1. The number of methoxy groups -OCH3 is 1. The molecule has 36 heavy (non-hydrogen) atoms. The highest BCUT2D eigenvalue weighted by Gasteiger charge is 2.28. The zero-order valence-electron chi connectivity index (χ0n) is 20.0. The van der Waals surface area contributed by atoms with Gasteiger partial charge in [0.1, 0.15) is 16.4 Å². The second-order valence-corrected chi connectivity index (χ2v) is 9.92. The van der Waals surface area contributed by atoms with Gasteiger partial charge in [0.25, 0.3) is 0 Å². The topological polar surface area (TPSA) is 30.6 Å². The molecule has 0 spiro atoms. The fraction of sp³-hybridized carbons (Fsp3) is 0.167. The van der Waals surface area contributed by atoms with Crippen LogP contribution < -0.4 is 10.1 Å². The number of halogens is 1. The normalized spacial score (nSPS) is 12.9. The van der Waals surface area contributed by atoms with Crippen molar-refractivity contribution >= 4 is 40.1 Å². The van der Waals surface area contributed by atoms with E-state index in [4.69, 9.17) is 28.6 Å². The van der Waals surface area contributed by atoms with Crippen molar-refractivity contribution in [2.75, 3.05) is 12.4 Å². The summed E-state index contributed by atoms with van der Waals surface area (Å²) in [7, 11) is 1.70. The highest BCUT2D eigenvalue weighted by atomic mass is 35.5. The van der Waals surface area contributed by atoms with Gasteiger partial charge in [-0.15, -0.1) is 0 Å². The Morgan fingerprint density at radius 1 is 0.917 bits per heavy atom. The standard InChI is InChI=1S/C30H26ClN3OS/c1-35-24-16-12-20(13-17-24)26-19-34-28(29(36)32-23-7-3-2-4-8-23)27(21-10-14-22(31)15-11-21)25-9-5-6-18-33(26)30(25)34/h2-4,7-8,10-17,19H,5-6,9,18H2,1H3,(H,32,36). The average molecular weight is 512 g/mol. The zero-order valence-corrected chi connectivity index (χ0v) is 21.6. The number of nitrogens with zero attached hydrogens (tertiary/aromatic N) is 2. The summed E-state index contributed by atoms with van der Waals surface area (Å²) in [5, 5.41) is 4.22. The SMILES string of the molecule is COc1ccc(-c2cn3c(C(=S)Nc4ccccc4)c(-c4ccc(Cl)cc4)c4c3n2CCCC4)cc1. The van der Waals surface area contributed by atoms with Gasteiger partial charge in [0.05, 0.1) is 18.5 Å². The van der Waals surface area contributed by atoms with Gasteiger partial charge in [0.15, 0.2) is 0 Å². The van der Waals surface area contributed by atoms with Crippen LogP contribution in [0.25, 0.3) is 28.0 Å². The van der Waals surface area contributed by atoms with Crippen LogP contribution >= 0.6 is 23.8 Å². The molecule has 0 atom stereocenters. The molecule has 0 unspecified atom stereocenters. The Morgan fingerprint density at radius 2 is 1.64 bits per heavy atom. The molecule has 0 fully saturated rings. The van der Waals surface area contributed by atoms with Crippen LogP contribution in [0.4, 0.5) is 5.69 Å². The smallest absolute Gasteiger partial charge is 0.128 e. The highest BCUT2D eigenvalue weighted by Crippen LogP contribution is 2.40. The molecule has 0 amide bonds. The number of anilines is 1. The molecule has 2 aromatic heterocycles. The molecule has 3 heterocycles. The number of aromatic nitrogens is 2. The van der Waals surface area contributed by atoms with Crippen LogP contribution in [0, 0.1) is 0 Å². The Bertz CT molecular complexity index is 1550. The zero-order chi connectivity index (χ0) is 24.6. The minimum atomic E-state index is 0.700. The van der Waals surface area contributed by atoms with Crippen molar-refractivity contribution in [2.45, 2.75) is 25.8 Å². The lowest BCUT2D eigenvalue weighted by Gasteiger charge is -2.12. The number of rotatable bonds is 5. The molecular weight excluding hydrogens is 486 g/mol. The van der Waals surface area contributed by atoms with Crippen molar-refractivity contribution < 1.29 is 4.74 Å². The van der Waals surface area contributed by atoms with Crippen molar-refractivity contribution in [3.63, 3.8) is 0 Å². The first kappa shape index (κ1) is 22.9. The largest absolute Gasteiger partial charge is 0.497 e. The molecule has 3 aromatic carbocycles. The molecule has 1 aliphatic heterocycles. The van der Waals surface area contributed by atoms with Crippen LogP contribution in [-0.4, -0.2) is 21.1 Å². The summed E-state index contributed by atoms with van der Waals surface area (Å²) in [6, 6.07) is 26.5. The van der Waals surface area contributed by atoms with E-state index in [1.807, 2.05) is 54.6 Å². The van der Waals surface area contributed by atoms with E-state index in [0.29, 0.717) is 4.99 Å². The van der Waals surface area contributed by atoms with Crippen molar-refractivity contribution in [1.82, 2.24) is 8.97 Å². The number of thiocarbonyl (C=S) groups is 1. The van der Waals surface area contributed by atoms with E-state index in [1.165, 1.54) is 22.5 Å². The lowest BCUT2D eigenvalue weighted by Crippen LogP contribution is -2.14. The van der Waals surface area contributed by atoms with Gasteiger partial charge in [-0.1, -0.05) is 54.2 Å². The first-order valence-corrected chi connectivity index (χ1v) is 13.0. The molecule has 6 rings (SSSR count). The second-order valence-electron chi connectivity index (χ2n) is 9.07. The molecule has 1 N–H and O–H groups in total. The summed E-state index contributed by atoms with van der Waals surface area (Å²) in [6.07, 6.45) is 5.49. The first-order chi connectivity index (χ1) is 17.6. The van der Waals surface area contributed by atoms with E-state index in [-0.39, 0.29) is 0 Å². The van der Waals surface area contributed by atoms with E-state index < -0.39 is 0 Å². The Morgan fingerprint density at radius 3 is 2.36 bits per heavy atom. The maximum Gasteiger partial charge on any atom is 0.128 e. The lowest BCUT2D eigenvalue weighted by molar-refractivity contribution is 0.415. The molecule has 1 aliphatic rings. The van der Waals surface area contributed by atoms with Gasteiger partial charge >= 0.3 is 0 Å². The van der Waals surface area contributed by atoms with E-state index in [9.17, 15) is 0 Å². The minimum absolute atomic E-state index is 0.700. The summed E-state index contributed by atoms with van der Waals surface area (Å²) < 4.78 is 10.1. The van der Waals surface area contributed by atoms with Crippen LogP contribution in [0.15, 0.2) is 85.1 Å².